The van der Waals surface area contributed by atoms with Crippen LogP contribution in [0.4, 0.5) is 0 Å². The van der Waals surface area contributed by atoms with Crippen LogP contribution in [0.3, 0.4) is 0 Å². The lowest BCUT2D eigenvalue weighted by molar-refractivity contribution is -0.142. The van der Waals surface area contributed by atoms with Crippen molar-refractivity contribution in [1.29, 1.82) is 0 Å². The van der Waals surface area contributed by atoms with Gasteiger partial charge < -0.3 is 38.3 Å². The van der Waals surface area contributed by atoms with Crippen LogP contribution in [0.5, 0.6) is 0 Å². The van der Waals surface area contributed by atoms with E-state index in [9.17, 15) is 24.0 Å². The topological polar surface area (TPSA) is 220 Å². The summed E-state index contributed by atoms with van der Waals surface area (Å²) in [6.45, 7) is 3.28. The van der Waals surface area contributed by atoms with Gasteiger partial charge in [-0.2, -0.15) is 0 Å². The average Bonchev–Trinajstić information content (AvgIpc) is 2.64. The van der Waals surface area contributed by atoms with Gasteiger partial charge in [0.15, 0.2) is 0 Å². The van der Waals surface area contributed by atoms with Crippen molar-refractivity contribution >= 4 is 29.6 Å². The Kier molecular flexibility index (Phi) is 12.2. The van der Waals surface area contributed by atoms with Gasteiger partial charge in [-0.05, 0) is 39.7 Å². The number of hydrogen-bond acceptors (Lipinski definition) is 7. The highest BCUT2D eigenvalue weighted by molar-refractivity contribution is 5.93. The van der Waals surface area contributed by atoms with Crippen molar-refractivity contribution in [2.45, 2.75) is 70.1 Å². The van der Waals surface area contributed by atoms with Crippen LogP contribution in [0.15, 0.2) is 0 Å². The summed E-state index contributed by atoms with van der Waals surface area (Å²) in [5, 5.41) is 16.2. The first kappa shape index (κ1) is 26.3. The average molecular weight is 416 g/mol. The first-order valence-corrected chi connectivity index (χ1v) is 9.37. The van der Waals surface area contributed by atoms with Crippen LogP contribution in [0.25, 0.3) is 0 Å². The van der Waals surface area contributed by atoms with Crippen molar-refractivity contribution in [2.75, 3.05) is 6.54 Å². The van der Waals surface area contributed by atoms with E-state index in [1.54, 1.807) is 0 Å². The molecular formula is C17H32N6O6. The monoisotopic (exact) mass is 416 g/mol. The van der Waals surface area contributed by atoms with E-state index < -0.39 is 53.8 Å². The number of carboxylic acid groups (broad SMARTS) is 1. The van der Waals surface area contributed by atoms with Gasteiger partial charge in [0.05, 0.1) is 6.04 Å². The van der Waals surface area contributed by atoms with Gasteiger partial charge in [0.2, 0.25) is 23.6 Å². The van der Waals surface area contributed by atoms with Crippen molar-refractivity contribution in [3.05, 3.63) is 0 Å². The standard InChI is InChI=1S/C17H32N6O6/c1-9(22-16(27)11(19)5-3-4-8-18)14(25)21-10(2)15(26)23-12(17(28)29)6-7-13(20)24/h9-12H,3-8,18-19H2,1-2H3,(H2,20,24)(H,21,25)(H,22,27)(H,23,26)(H,28,29). The fraction of sp³-hybridized carbons (Fsp3) is 0.706. The van der Waals surface area contributed by atoms with E-state index in [1.807, 2.05) is 0 Å². The molecule has 10 N–H and O–H groups in total. The Bertz CT molecular complexity index is 599. The predicted octanol–water partition coefficient (Wildman–Crippen LogP) is -2.71. The maximum atomic E-state index is 12.2. The first-order chi connectivity index (χ1) is 13.5. The van der Waals surface area contributed by atoms with Crippen molar-refractivity contribution < 1.29 is 29.1 Å². The number of primary amides is 1. The molecule has 0 rings (SSSR count). The molecule has 29 heavy (non-hydrogen) atoms. The molecule has 12 heteroatoms. The number of amides is 4. The maximum Gasteiger partial charge on any atom is 0.326 e. The Morgan fingerprint density at radius 3 is 1.86 bits per heavy atom. The van der Waals surface area contributed by atoms with Gasteiger partial charge in [-0.15, -0.1) is 0 Å². The smallest absolute Gasteiger partial charge is 0.326 e. The predicted molar refractivity (Wildman–Crippen MR) is 104 cm³/mol. The lowest BCUT2D eigenvalue weighted by Gasteiger charge is -2.21. The first-order valence-electron chi connectivity index (χ1n) is 9.37. The summed E-state index contributed by atoms with van der Waals surface area (Å²) in [7, 11) is 0. The third-order valence-corrected chi connectivity index (χ3v) is 4.10. The van der Waals surface area contributed by atoms with Crippen LogP contribution < -0.4 is 33.2 Å². The highest BCUT2D eigenvalue weighted by atomic mass is 16.4. The van der Waals surface area contributed by atoms with Crippen LogP contribution in [-0.4, -0.2) is 65.4 Å². The molecule has 12 nitrogen and oxygen atoms in total. The van der Waals surface area contributed by atoms with Crippen LogP contribution >= 0.6 is 0 Å². The zero-order valence-corrected chi connectivity index (χ0v) is 16.8. The molecule has 0 aromatic carbocycles. The summed E-state index contributed by atoms with van der Waals surface area (Å²) in [4.78, 5) is 58.2. The number of carboxylic acids is 1. The minimum Gasteiger partial charge on any atom is -0.480 e. The molecule has 0 aliphatic rings. The summed E-state index contributed by atoms with van der Waals surface area (Å²) >= 11 is 0. The second-order valence-corrected chi connectivity index (χ2v) is 6.76. The van der Waals surface area contributed by atoms with Crippen molar-refractivity contribution in [3.63, 3.8) is 0 Å². The third kappa shape index (κ3) is 11.0. The molecule has 0 saturated heterocycles. The Labute approximate surface area is 169 Å². The quantitative estimate of drug-likeness (QED) is 0.147. The molecule has 166 valence electrons. The summed E-state index contributed by atoms with van der Waals surface area (Å²) in [5.41, 5.74) is 16.1. The number of aliphatic carboxylic acids is 1. The van der Waals surface area contributed by atoms with E-state index in [1.165, 1.54) is 13.8 Å². The number of carbonyl (C=O) groups excluding carboxylic acids is 4. The van der Waals surface area contributed by atoms with Crippen LogP contribution in [0, 0.1) is 0 Å². The highest BCUT2D eigenvalue weighted by Crippen LogP contribution is 2.00. The van der Waals surface area contributed by atoms with E-state index in [0.29, 0.717) is 19.4 Å². The van der Waals surface area contributed by atoms with E-state index in [4.69, 9.17) is 22.3 Å². The number of rotatable bonds is 14. The lowest BCUT2D eigenvalue weighted by Crippen LogP contribution is -2.55. The largest absolute Gasteiger partial charge is 0.480 e. The fourth-order valence-electron chi connectivity index (χ4n) is 2.27. The fourth-order valence-corrected chi connectivity index (χ4v) is 2.27. The summed E-state index contributed by atoms with van der Waals surface area (Å²) in [6, 6.07) is -4.13. The molecule has 0 aromatic rings. The molecule has 0 aliphatic carbocycles. The third-order valence-electron chi connectivity index (χ3n) is 4.10. The Balaban J connectivity index is 4.57. The van der Waals surface area contributed by atoms with Crippen LogP contribution in [0.2, 0.25) is 0 Å². The second kappa shape index (κ2) is 13.4. The van der Waals surface area contributed by atoms with E-state index in [0.717, 1.165) is 6.42 Å². The molecule has 0 spiro atoms. The summed E-state index contributed by atoms with van der Waals surface area (Å²) < 4.78 is 0. The van der Waals surface area contributed by atoms with Crippen molar-refractivity contribution in [1.82, 2.24) is 16.0 Å². The Hall–Kier alpha value is -2.73. The molecule has 0 heterocycles. The SMILES string of the molecule is CC(NC(=O)C(N)CCCCN)C(=O)NC(C)C(=O)NC(CCC(N)=O)C(=O)O. The number of nitrogens with one attached hydrogen (secondary N) is 3. The van der Waals surface area contributed by atoms with Crippen molar-refractivity contribution in [3.8, 4) is 0 Å². The molecular weight excluding hydrogens is 384 g/mol. The van der Waals surface area contributed by atoms with Crippen molar-refractivity contribution in [2.24, 2.45) is 17.2 Å². The number of unbranched alkanes of at least 4 members (excludes halogenated alkanes) is 1. The zero-order chi connectivity index (χ0) is 22.6. The molecule has 4 unspecified atom stereocenters. The van der Waals surface area contributed by atoms with E-state index in [-0.39, 0.29) is 12.8 Å². The van der Waals surface area contributed by atoms with Crippen LogP contribution in [-0.2, 0) is 24.0 Å². The number of carbonyl (C=O) groups is 5. The van der Waals surface area contributed by atoms with E-state index >= 15 is 0 Å². The second-order valence-electron chi connectivity index (χ2n) is 6.76. The van der Waals surface area contributed by atoms with Gasteiger partial charge in [-0.25, -0.2) is 4.79 Å². The normalized spacial score (nSPS) is 14.8. The number of hydrogen-bond donors (Lipinski definition) is 7. The molecule has 0 bridgehead atoms. The Morgan fingerprint density at radius 1 is 0.862 bits per heavy atom. The van der Waals surface area contributed by atoms with Gasteiger partial charge in [0.25, 0.3) is 0 Å². The minimum absolute atomic E-state index is 0.175. The van der Waals surface area contributed by atoms with Gasteiger partial charge in [-0.3, -0.25) is 19.2 Å². The molecule has 0 aromatic heterocycles. The maximum absolute atomic E-state index is 12.2. The lowest BCUT2D eigenvalue weighted by atomic mass is 10.1. The molecule has 4 amide bonds. The highest BCUT2D eigenvalue weighted by Gasteiger charge is 2.26. The molecule has 0 saturated carbocycles. The summed E-state index contributed by atoms with van der Waals surface area (Å²) in [6.07, 6.45) is 1.46. The molecule has 0 fully saturated rings. The molecule has 4 atom stereocenters. The van der Waals surface area contributed by atoms with Gasteiger partial charge >= 0.3 is 5.97 Å². The Morgan fingerprint density at radius 2 is 1.38 bits per heavy atom. The summed E-state index contributed by atoms with van der Waals surface area (Å²) in [5.74, 6) is -3.93. The number of nitrogens with two attached hydrogens (primary N) is 3. The van der Waals surface area contributed by atoms with Gasteiger partial charge in [-0.1, -0.05) is 6.42 Å². The minimum atomic E-state index is -1.33. The van der Waals surface area contributed by atoms with Gasteiger partial charge in [0, 0.05) is 6.42 Å². The zero-order valence-electron chi connectivity index (χ0n) is 16.8. The van der Waals surface area contributed by atoms with Crippen LogP contribution in [0.1, 0.15) is 46.0 Å². The molecule has 0 radical (unpaired) electrons. The molecule has 0 aliphatic heterocycles. The van der Waals surface area contributed by atoms with Gasteiger partial charge in [0.1, 0.15) is 18.1 Å². The van der Waals surface area contributed by atoms with E-state index in [2.05, 4.69) is 16.0 Å².